The fraction of sp³-hybridized carbons (Fsp3) is 0.444. The Balaban J connectivity index is 2.57. The van der Waals surface area contributed by atoms with Crippen LogP contribution >= 0.6 is 11.8 Å². The van der Waals surface area contributed by atoms with Crippen molar-refractivity contribution in [3.8, 4) is 0 Å². The molecule has 0 aliphatic rings. The summed E-state index contributed by atoms with van der Waals surface area (Å²) in [5, 5.41) is 7.16. The van der Waals surface area contributed by atoms with Crippen molar-refractivity contribution in [2.45, 2.75) is 32.4 Å². The first-order valence-corrected chi connectivity index (χ1v) is 9.84. The number of hydrogen-bond acceptors (Lipinski definition) is 6. The Hall–Kier alpha value is -2.55. The lowest BCUT2D eigenvalue weighted by Gasteiger charge is -2.17. The highest BCUT2D eigenvalue weighted by atomic mass is 32.2. The first-order chi connectivity index (χ1) is 12.8. The van der Waals surface area contributed by atoms with Crippen LogP contribution in [0.5, 0.6) is 0 Å². The van der Waals surface area contributed by atoms with E-state index in [0.29, 0.717) is 17.7 Å². The van der Waals surface area contributed by atoms with Crippen molar-refractivity contribution < 1.29 is 23.9 Å². The van der Waals surface area contributed by atoms with Crippen molar-refractivity contribution in [2.75, 3.05) is 18.6 Å². The van der Waals surface area contributed by atoms with Gasteiger partial charge >= 0.3 is 12.0 Å². The third-order valence-electron chi connectivity index (χ3n) is 3.25. The number of thioether (sulfide) groups is 1. The summed E-state index contributed by atoms with van der Waals surface area (Å²) in [5.74, 6) is -1.26. The van der Waals surface area contributed by atoms with Crippen molar-refractivity contribution in [2.24, 2.45) is 0 Å². The zero-order valence-corrected chi connectivity index (χ0v) is 16.4. The van der Waals surface area contributed by atoms with Crippen LogP contribution in [-0.2, 0) is 14.3 Å². The summed E-state index contributed by atoms with van der Waals surface area (Å²) in [6, 6.07) is 6.80. The number of imide groups is 1. The van der Waals surface area contributed by atoms with Gasteiger partial charge in [-0.05, 0) is 44.4 Å². The molecule has 0 heterocycles. The van der Waals surface area contributed by atoms with Gasteiger partial charge in [0.2, 0.25) is 0 Å². The van der Waals surface area contributed by atoms with E-state index in [1.807, 2.05) is 6.26 Å². The number of ether oxygens (including phenoxy) is 1. The predicted octanol–water partition coefficient (Wildman–Crippen LogP) is 1.32. The standard InChI is InChI=1S/C18H25N3O5S/c1-12(2)19-18(25)21-15(22)11-26-17(24)14(9-10-27-3)20-16(23)13-7-5-4-6-8-13/h4-8,12,14H,9-11H2,1-3H3,(H,20,23)(H2,19,21,22,25)/t14-/m1/s1. The van der Waals surface area contributed by atoms with Crippen molar-refractivity contribution in [1.29, 1.82) is 0 Å². The predicted molar refractivity (Wildman–Crippen MR) is 103 cm³/mol. The summed E-state index contributed by atoms with van der Waals surface area (Å²) in [4.78, 5) is 47.6. The number of amides is 4. The summed E-state index contributed by atoms with van der Waals surface area (Å²) < 4.78 is 4.95. The number of carbonyl (C=O) groups is 4. The zero-order chi connectivity index (χ0) is 20.2. The number of esters is 1. The SMILES string of the molecule is CSCC[C@@H](NC(=O)c1ccccc1)C(=O)OCC(=O)NC(=O)NC(C)C. The molecule has 0 saturated carbocycles. The molecule has 0 saturated heterocycles. The Labute approximate surface area is 162 Å². The third kappa shape index (κ3) is 9.09. The monoisotopic (exact) mass is 395 g/mol. The molecule has 0 aliphatic heterocycles. The molecular weight excluding hydrogens is 370 g/mol. The average molecular weight is 395 g/mol. The van der Waals surface area contributed by atoms with Crippen LogP contribution in [0.1, 0.15) is 30.6 Å². The minimum absolute atomic E-state index is 0.135. The Kier molecular flexibility index (Phi) is 9.95. The van der Waals surface area contributed by atoms with E-state index in [0.717, 1.165) is 0 Å². The molecule has 1 aromatic carbocycles. The topological polar surface area (TPSA) is 114 Å². The molecule has 0 fully saturated rings. The second-order valence-corrected chi connectivity index (χ2v) is 6.94. The van der Waals surface area contributed by atoms with Crippen LogP contribution in [0, 0.1) is 0 Å². The largest absolute Gasteiger partial charge is 0.454 e. The van der Waals surface area contributed by atoms with Crippen LogP contribution in [-0.4, -0.2) is 54.5 Å². The van der Waals surface area contributed by atoms with Gasteiger partial charge in [-0.15, -0.1) is 0 Å². The van der Waals surface area contributed by atoms with Gasteiger partial charge in [-0.1, -0.05) is 18.2 Å². The molecule has 0 aliphatic carbocycles. The quantitative estimate of drug-likeness (QED) is 0.544. The minimum atomic E-state index is -0.887. The number of benzene rings is 1. The molecule has 1 atom stereocenters. The summed E-state index contributed by atoms with van der Waals surface area (Å²) in [7, 11) is 0. The van der Waals surface area contributed by atoms with Gasteiger partial charge < -0.3 is 15.4 Å². The molecule has 0 spiro atoms. The molecule has 0 aromatic heterocycles. The lowest BCUT2D eigenvalue weighted by atomic mass is 10.1. The van der Waals surface area contributed by atoms with Gasteiger partial charge in [0.15, 0.2) is 6.61 Å². The minimum Gasteiger partial charge on any atom is -0.454 e. The van der Waals surface area contributed by atoms with E-state index in [1.54, 1.807) is 44.2 Å². The van der Waals surface area contributed by atoms with Crippen LogP contribution in [0.3, 0.4) is 0 Å². The Morgan fingerprint density at radius 1 is 1.07 bits per heavy atom. The van der Waals surface area contributed by atoms with Crippen molar-refractivity contribution in [3.63, 3.8) is 0 Å². The number of hydrogen-bond donors (Lipinski definition) is 3. The lowest BCUT2D eigenvalue weighted by molar-refractivity contribution is -0.150. The van der Waals surface area contributed by atoms with Gasteiger partial charge in [0.25, 0.3) is 11.8 Å². The number of nitrogens with one attached hydrogen (secondary N) is 3. The maximum atomic E-state index is 12.3. The van der Waals surface area contributed by atoms with Crippen LogP contribution in [0.25, 0.3) is 0 Å². The van der Waals surface area contributed by atoms with Gasteiger partial charge in [0, 0.05) is 11.6 Å². The molecule has 0 bridgehead atoms. The third-order valence-corrected chi connectivity index (χ3v) is 3.90. The summed E-state index contributed by atoms with van der Waals surface area (Å²) >= 11 is 1.52. The van der Waals surface area contributed by atoms with Gasteiger partial charge in [-0.25, -0.2) is 9.59 Å². The van der Waals surface area contributed by atoms with Crippen molar-refractivity contribution >= 4 is 35.6 Å². The molecule has 3 N–H and O–H groups in total. The smallest absolute Gasteiger partial charge is 0.329 e. The maximum Gasteiger partial charge on any atom is 0.329 e. The average Bonchev–Trinajstić information content (AvgIpc) is 2.62. The second kappa shape index (κ2) is 11.9. The Morgan fingerprint density at radius 3 is 2.33 bits per heavy atom. The first kappa shape index (κ1) is 22.5. The molecule has 148 valence electrons. The maximum absolute atomic E-state index is 12.3. The van der Waals surface area contributed by atoms with E-state index in [-0.39, 0.29) is 6.04 Å². The number of rotatable bonds is 9. The van der Waals surface area contributed by atoms with E-state index in [9.17, 15) is 19.2 Å². The molecule has 27 heavy (non-hydrogen) atoms. The van der Waals surface area contributed by atoms with Crippen molar-refractivity contribution in [3.05, 3.63) is 35.9 Å². The fourth-order valence-corrected chi connectivity index (χ4v) is 2.49. The number of carbonyl (C=O) groups excluding carboxylic acids is 4. The first-order valence-electron chi connectivity index (χ1n) is 8.45. The lowest BCUT2D eigenvalue weighted by Crippen LogP contribution is -2.46. The Morgan fingerprint density at radius 2 is 1.74 bits per heavy atom. The molecule has 4 amide bonds. The van der Waals surface area contributed by atoms with Crippen molar-refractivity contribution in [1.82, 2.24) is 16.0 Å². The molecule has 8 nitrogen and oxygen atoms in total. The summed E-state index contributed by atoms with van der Waals surface area (Å²) in [5.41, 5.74) is 0.419. The van der Waals surface area contributed by atoms with Gasteiger partial charge in [0.1, 0.15) is 6.04 Å². The van der Waals surface area contributed by atoms with E-state index in [1.165, 1.54) is 11.8 Å². The van der Waals surface area contributed by atoms with Crippen LogP contribution in [0.2, 0.25) is 0 Å². The van der Waals surface area contributed by atoms with Crippen LogP contribution in [0.15, 0.2) is 30.3 Å². The molecule has 0 unspecified atom stereocenters. The van der Waals surface area contributed by atoms with E-state index < -0.39 is 36.5 Å². The Bertz CT molecular complexity index is 652. The highest BCUT2D eigenvalue weighted by Gasteiger charge is 2.23. The fourth-order valence-electron chi connectivity index (χ4n) is 2.01. The number of urea groups is 1. The summed E-state index contributed by atoms with van der Waals surface area (Å²) in [6.45, 7) is 2.88. The zero-order valence-electron chi connectivity index (χ0n) is 15.6. The van der Waals surface area contributed by atoms with E-state index in [2.05, 4.69) is 16.0 Å². The van der Waals surface area contributed by atoms with Crippen LogP contribution in [0.4, 0.5) is 4.79 Å². The molecule has 1 rings (SSSR count). The molecule has 0 radical (unpaired) electrons. The van der Waals surface area contributed by atoms with E-state index in [4.69, 9.17) is 4.74 Å². The molecule has 9 heteroatoms. The normalized spacial score (nSPS) is 11.4. The molecule has 1 aromatic rings. The summed E-state index contributed by atoms with van der Waals surface area (Å²) in [6.07, 6.45) is 2.23. The highest BCUT2D eigenvalue weighted by Crippen LogP contribution is 2.05. The van der Waals surface area contributed by atoms with Gasteiger partial charge in [-0.3, -0.25) is 14.9 Å². The second-order valence-electron chi connectivity index (χ2n) is 5.96. The van der Waals surface area contributed by atoms with Crippen LogP contribution < -0.4 is 16.0 Å². The highest BCUT2D eigenvalue weighted by molar-refractivity contribution is 7.98. The van der Waals surface area contributed by atoms with E-state index >= 15 is 0 Å². The van der Waals surface area contributed by atoms with Gasteiger partial charge in [0.05, 0.1) is 0 Å². The van der Waals surface area contributed by atoms with Gasteiger partial charge in [-0.2, -0.15) is 11.8 Å². The molecular formula is C18H25N3O5S.